The smallest absolute Gasteiger partial charge is 0.341 e. The van der Waals surface area contributed by atoms with E-state index in [-0.39, 0.29) is 11.4 Å². The van der Waals surface area contributed by atoms with Crippen molar-refractivity contribution in [3.63, 3.8) is 0 Å². The molecule has 6 heteroatoms. The van der Waals surface area contributed by atoms with Gasteiger partial charge < -0.3 is 16.2 Å². The van der Waals surface area contributed by atoms with E-state index in [1.807, 2.05) is 0 Å². The fourth-order valence-electron chi connectivity index (χ4n) is 1.03. The topological polar surface area (TPSA) is 108 Å². The predicted octanol–water partition coefficient (Wildman–Crippen LogP) is -0.0511. The average Bonchev–Trinajstić information content (AvgIpc) is 2.27. The third kappa shape index (κ3) is 2.81. The lowest BCUT2D eigenvalue weighted by Crippen LogP contribution is -2.08. The van der Waals surface area contributed by atoms with E-state index in [1.165, 1.54) is 25.4 Å². The van der Waals surface area contributed by atoms with Gasteiger partial charge in [-0.3, -0.25) is 4.79 Å². The second kappa shape index (κ2) is 4.92. The maximum absolute atomic E-state index is 11.3. The van der Waals surface area contributed by atoms with E-state index < -0.39 is 11.9 Å². The second-order valence-electron chi connectivity index (χ2n) is 2.93. The zero-order chi connectivity index (χ0) is 12.1. The Labute approximate surface area is 91.9 Å². The molecule has 0 unspecified atom stereocenters. The largest absolute Gasteiger partial charge is 0.465 e. The van der Waals surface area contributed by atoms with Gasteiger partial charge in [0.2, 0.25) is 5.91 Å². The highest BCUT2D eigenvalue weighted by Crippen LogP contribution is 2.13. The summed E-state index contributed by atoms with van der Waals surface area (Å²) in [5.41, 5.74) is 11.1. The Hall–Kier alpha value is -2.37. The summed E-state index contributed by atoms with van der Waals surface area (Å²) in [6, 6.07) is 1.47. The monoisotopic (exact) mass is 221 g/mol. The van der Waals surface area contributed by atoms with Gasteiger partial charge in [-0.15, -0.1) is 0 Å². The summed E-state index contributed by atoms with van der Waals surface area (Å²) in [4.78, 5) is 25.6. The van der Waals surface area contributed by atoms with Crippen LogP contribution < -0.4 is 11.5 Å². The predicted molar refractivity (Wildman–Crippen MR) is 58.2 cm³/mol. The number of primary amides is 1. The number of methoxy groups -OCH3 is 1. The first kappa shape index (κ1) is 11.7. The zero-order valence-corrected chi connectivity index (χ0v) is 8.64. The number of aromatic nitrogens is 1. The zero-order valence-electron chi connectivity index (χ0n) is 8.64. The fraction of sp³-hybridized carbons (Fsp3) is 0.100. The number of hydrogen-bond donors (Lipinski definition) is 2. The summed E-state index contributed by atoms with van der Waals surface area (Å²) in [7, 11) is 1.24. The normalized spacial score (nSPS) is 10.3. The van der Waals surface area contributed by atoms with Crippen molar-refractivity contribution in [3.8, 4) is 0 Å². The standard InChI is InChI=1S/C10H11N3O3/c1-16-10(15)7-4-6(2-3-8(11)14)5-13-9(7)12/h2-5H,1H3,(H2,11,14)(H2,12,13). The van der Waals surface area contributed by atoms with Gasteiger partial charge in [0.15, 0.2) is 0 Å². The van der Waals surface area contributed by atoms with Crippen LogP contribution in [0.25, 0.3) is 6.08 Å². The van der Waals surface area contributed by atoms with Crippen LogP contribution in [0.2, 0.25) is 0 Å². The first-order chi connectivity index (χ1) is 7.54. The molecule has 6 nitrogen and oxygen atoms in total. The summed E-state index contributed by atoms with van der Waals surface area (Å²) in [5, 5.41) is 0. The minimum Gasteiger partial charge on any atom is -0.465 e. The molecule has 84 valence electrons. The van der Waals surface area contributed by atoms with Crippen molar-refractivity contribution in [2.75, 3.05) is 12.8 Å². The lowest BCUT2D eigenvalue weighted by Gasteiger charge is -2.03. The van der Waals surface area contributed by atoms with Crippen molar-refractivity contribution in [1.29, 1.82) is 0 Å². The number of pyridine rings is 1. The van der Waals surface area contributed by atoms with Crippen molar-refractivity contribution in [1.82, 2.24) is 4.98 Å². The molecule has 4 N–H and O–H groups in total. The molecular weight excluding hydrogens is 210 g/mol. The van der Waals surface area contributed by atoms with Crippen LogP contribution in [0.1, 0.15) is 15.9 Å². The van der Waals surface area contributed by atoms with Gasteiger partial charge >= 0.3 is 5.97 Å². The first-order valence-electron chi connectivity index (χ1n) is 4.36. The Balaban J connectivity index is 3.07. The summed E-state index contributed by atoms with van der Waals surface area (Å²) in [6.45, 7) is 0. The van der Waals surface area contributed by atoms with Gasteiger partial charge in [-0.05, 0) is 17.7 Å². The molecule has 0 saturated heterocycles. The van der Waals surface area contributed by atoms with Crippen molar-refractivity contribution >= 4 is 23.8 Å². The third-order valence-corrected chi connectivity index (χ3v) is 1.79. The molecule has 0 aliphatic rings. The summed E-state index contributed by atoms with van der Waals surface area (Å²) in [6.07, 6.45) is 4.01. The molecular formula is C10H11N3O3. The van der Waals surface area contributed by atoms with Crippen LogP contribution in [0.3, 0.4) is 0 Å². The highest BCUT2D eigenvalue weighted by atomic mass is 16.5. The highest BCUT2D eigenvalue weighted by molar-refractivity contribution is 5.95. The molecule has 0 bridgehead atoms. The molecule has 0 aliphatic heterocycles. The molecule has 16 heavy (non-hydrogen) atoms. The minimum absolute atomic E-state index is 0.0723. The number of carbonyl (C=O) groups is 2. The SMILES string of the molecule is COC(=O)c1cc(C=CC(N)=O)cnc1N. The number of ether oxygens (including phenoxy) is 1. The van der Waals surface area contributed by atoms with Crippen molar-refractivity contribution in [3.05, 3.63) is 29.5 Å². The first-order valence-corrected chi connectivity index (χ1v) is 4.36. The molecule has 0 atom stereocenters. The molecule has 1 aromatic rings. The van der Waals surface area contributed by atoms with E-state index in [9.17, 15) is 9.59 Å². The molecule has 0 saturated carbocycles. The van der Waals surface area contributed by atoms with Crippen molar-refractivity contribution < 1.29 is 14.3 Å². The van der Waals surface area contributed by atoms with Crippen LogP contribution >= 0.6 is 0 Å². The minimum atomic E-state index is -0.587. The van der Waals surface area contributed by atoms with E-state index in [0.717, 1.165) is 6.08 Å². The molecule has 1 amide bonds. The Kier molecular flexibility index (Phi) is 3.60. The van der Waals surface area contributed by atoms with E-state index in [1.54, 1.807) is 0 Å². The van der Waals surface area contributed by atoms with E-state index in [4.69, 9.17) is 11.5 Å². The van der Waals surface area contributed by atoms with Crippen LogP contribution in [0.5, 0.6) is 0 Å². The van der Waals surface area contributed by atoms with E-state index in [0.29, 0.717) is 5.56 Å². The molecule has 0 spiro atoms. The Morgan fingerprint density at radius 2 is 2.19 bits per heavy atom. The molecule has 0 fully saturated rings. The molecule has 1 aromatic heterocycles. The number of anilines is 1. The van der Waals surface area contributed by atoms with Gasteiger partial charge in [0.1, 0.15) is 11.4 Å². The Morgan fingerprint density at radius 3 is 2.75 bits per heavy atom. The lowest BCUT2D eigenvalue weighted by molar-refractivity contribution is -0.113. The average molecular weight is 221 g/mol. The fourth-order valence-corrected chi connectivity index (χ4v) is 1.03. The van der Waals surface area contributed by atoms with Crippen molar-refractivity contribution in [2.24, 2.45) is 5.73 Å². The van der Waals surface area contributed by atoms with Gasteiger partial charge in [0.25, 0.3) is 0 Å². The maximum Gasteiger partial charge on any atom is 0.341 e. The summed E-state index contributed by atoms with van der Waals surface area (Å²) < 4.78 is 4.52. The molecule has 0 aromatic carbocycles. The summed E-state index contributed by atoms with van der Waals surface area (Å²) in [5.74, 6) is -1.10. The quantitative estimate of drug-likeness (QED) is 0.549. The number of amides is 1. The number of nitrogen functional groups attached to an aromatic ring is 1. The molecule has 1 heterocycles. The molecule has 0 radical (unpaired) electrons. The number of rotatable bonds is 3. The van der Waals surface area contributed by atoms with E-state index in [2.05, 4.69) is 9.72 Å². The third-order valence-electron chi connectivity index (χ3n) is 1.79. The maximum atomic E-state index is 11.3. The van der Waals surface area contributed by atoms with Gasteiger partial charge in [0.05, 0.1) is 7.11 Å². The number of nitrogens with two attached hydrogens (primary N) is 2. The Bertz CT molecular complexity index is 455. The molecule has 1 rings (SSSR count). The van der Waals surface area contributed by atoms with Crippen LogP contribution in [0.15, 0.2) is 18.3 Å². The van der Waals surface area contributed by atoms with Gasteiger partial charge in [-0.1, -0.05) is 0 Å². The number of nitrogens with zero attached hydrogens (tertiary/aromatic N) is 1. The van der Waals surface area contributed by atoms with E-state index >= 15 is 0 Å². The Morgan fingerprint density at radius 1 is 1.50 bits per heavy atom. The van der Waals surface area contributed by atoms with Crippen molar-refractivity contribution in [2.45, 2.75) is 0 Å². The number of hydrogen-bond acceptors (Lipinski definition) is 5. The van der Waals surface area contributed by atoms with Crippen LogP contribution in [0, 0.1) is 0 Å². The van der Waals surface area contributed by atoms with Crippen LogP contribution in [-0.4, -0.2) is 24.0 Å². The lowest BCUT2D eigenvalue weighted by atomic mass is 10.2. The van der Waals surface area contributed by atoms with Gasteiger partial charge in [-0.2, -0.15) is 0 Å². The second-order valence-corrected chi connectivity index (χ2v) is 2.93. The van der Waals surface area contributed by atoms with Gasteiger partial charge in [-0.25, -0.2) is 9.78 Å². The number of carbonyl (C=O) groups excluding carboxylic acids is 2. The number of esters is 1. The van der Waals surface area contributed by atoms with Crippen LogP contribution in [-0.2, 0) is 9.53 Å². The van der Waals surface area contributed by atoms with Crippen LogP contribution in [0.4, 0.5) is 5.82 Å². The molecule has 0 aliphatic carbocycles. The van der Waals surface area contributed by atoms with Gasteiger partial charge in [0, 0.05) is 12.3 Å². The highest BCUT2D eigenvalue weighted by Gasteiger charge is 2.10. The summed E-state index contributed by atoms with van der Waals surface area (Å²) >= 11 is 0.